The SMILES string of the molecule is Cc1ccc(C(=O)N[C@H](C)c2ccc(S(C)(=O)=O)cc2)cc1N(C)S(C)(=O)=O. The zero-order valence-corrected chi connectivity index (χ0v) is 18.1. The Morgan fingerprint density at radius 3 is 2.07 bits per heavy atom. The maximum atomic E-state index is 12.6. The molecule has 7 nitrogen and oxygen atoms in total. The number of rotatable bonds is 6. The van der Waals surface area contributed by atoms with Crippen molar-refractivity contribution < 1.29 is 21.6 Å². The van der Waals surface area contributed by atoms with E-state index in [9.17, 15) is 21.6 Å². The Labute approximate surface area is 166 Å². The molecule has 2 aromatic carbocycles. The van der Waals surface area contributed by atoms with Gasteiger partial charge in [-0.1, -0.05) is 18.2 Å². The molecule has 2 rings (SSSR count). The summed E-state index contributed by atoms with van der Waals surface area (Å²) in [5.74, 6) is -0.358. The molecule has 1 atom stereocenters. The second-order valence-electron chi connectivity index (χ2n) is 6.77. The summed E-state index contributed by atoms with van der Waals surface area (Å²) in [6.07, 6.45) is 2.23. The monoisotopic (exact) mass is 424 g/mol. The van der Waals surface area contributed by atoms with Crippen LogP contribution in [-0.4, -0.2) is 42.3 Å². The predicted octanol–water partition coefficient (Wildman–Crippen LogP) is 2.29. The van der Waals surface area contributed by atoms with Crippen molar-refractivity contribution in [3.63, 3.8) is 0 Å². The van der Waals surface area contributed by atoms with Crippen LogP contribution in [0.25, 0.3) is 0 Å². The molecule has 1 amide bonds. The van der Waals surface area contributed by atoms with Crippen LogP contribution in [0.2, 0.25) is 0 Å². The standard InChI is InChI=1S/C19H24N2O5S2/c1-13-6-7-16(12-18(13)21(3)28(5,25)26)19(22)20-14(2)15-8-10-17(11-9-15)27(4,23)24/h6-12,14H,1-5H3,(H,20,22)/t14-/m1/s1. The third kappa shape index (κ3) is 5.11. The number of aryl methyl sites for hydroxylation is 1. The lowest BCUT2D eigenvalue weighted by Gasteiger charge is -2.20. The summed E-state index contributed by atoms with van der Waals surface area (Å²) in [4.78, 5) is 12.8. The summed E-state index contributed by atoms with van der Waals surface area (Å²) < 4.78 is 47.8. The van der Waals surface area contributed by atoms with Crippen LogP contribution in [0.1, 0.15) is 34.5 Å². The number of sulfonamides is 1. The minimum Gasteiger partial charge on any atom is -0.346 e. The summed E-state index contributed by atoms with van der Waals surface area (Å²) >= 11 is 0. The zero-order chi connectivity index (χ0) is 21.3. The average molecular weight is 425 g/mol. The highest BCUT2D eigenvalue weighted by Gasteiger charge is 2.18. The Balaban J connectivity index is 2.23. The lowest BCUT2D eigenvalue weighted by Crippen LogP contribution is -2.28. The van der Waals surface area contributed by atoms with E-state index in [1.165, 1.54) is 25.2 Å². The maximum absolute atomic E-state index is 12.6. The molecule has 2 aromatic rings. The normalized spacial score (nSPS) is 13.0. The molecule has 9 heteroatoms. The second kappa shape index (κ2) is 7.92. The predicted molar refractivity (Wildman–Crippen MR) is 110 cm³/mol. The van der Waals surface area contributed by atoms with Crippen LogP contribution in [-0.2, 0) is 19.9 Å². The molecule has 0 radical (unpaired) electrons. The van der Waals surface area contributed by atoms with Crippen LogP contribution in [0.4, 0.5) is 5.69 Å². The van der Waals surface area contributed by atoms with Crippen LogP contribution >= 0.6 is 0 Å². The first kappa shape index (κ1) is 21.9. The van der Waals surface area contributed by atoms with E-state index < -0.39 is 19.9 Å². The van der Waals surface area contributed by atoms with Crippen molar-refractivity contribution in [2.75, 3.05) is 23.9 Å². The van der Waals surface area contributed by atoms with Gasteiger partial charge in [0.15, 0.2) is 9.84 Å². The van der Waals surface area contributed by atoms with E-state index in [4.69, 9.17) is 0 Å². The highest BCUT2D eigenvalue weighted by atomic mass is 32.2. The summed E-state index contributed by atoms with van der Waals surface area (Å²) in [6, 6.07) is 10.8. The molecule has 0 bridgehead atoms. The first-order valence-corrected chi connectivity index (χ1v) is 12.2. The van der Waals surface area contributed by atoms with Crippen molar-refractivity contribution in [1.82, 2.24) is 5.32 Å². The van der Waals surface area contributed by atoms with Crippen LogP contribution in [0, 0.1) is 6.92 Å². The molecular formula is C19H24N2O5S2. The molecule has 0 fully saturated rings. The molecule has 0 aliphatic rings. The van der Waals surface area contributed by atoms with Gasteiger partial charge in [0.1, 0.15) is 0 Å². The lowest BCUT2D eigenvalue weighted by atomic mass is 10.1. The van der Waals surface area contributed by atoms with Crippen molar-refractivity contribution in [2.45, 2.75) is 24.8 Å². The summed E-state index contributed by atoms with van der Waals surface area (Å²) in [6.45, 7) is 3.55. The molecule has 28 heavy (non-hydrogen) atoms. The van der Waals surface area contributed by atoms with Crippen LogP contribution < -0.4 is 9.62 Å². The van der Waals surface area contributed by atoms with Crippen molar-refractivity contribution in [3.05, 3.63) is 59.2 Å². The summed E-state index contributed by atoms with van der Waals surface area (Å²) in [5, 5.41) is 2.84. The Morgan fingerprint density at radius 1 is 1.00 bits per heavy atom. The van der Waals surface area contributed by atoms with Gasteiger partial charge in [-0.2, -0.15) is 0 Å². The Hall–Kier alpha value is -2.39. The average Bonchev–Trinajstić information content (AvgIpc) is 2.60. The van der Waals surface area contributed by atoms with Gasteiger partial charge in [0, 0.05) is 18.9 Å². The minimum atomic E-state index is -3.45. The molecule has 0 saturated carbocycles. The molecule has 0 heterocycles. The fraction of sp³-hybridized carbons (Fsp3) is 0.316. The first-order valence-electron chi connectivity index (χ1n) is 8.46. The van der Waals surface area contributed by atoms with Crippen LogP contribution in [0.3, 0.4) is 0 Å². The van der Waals surface area contributed by atoms with Gasteiger partial charge in [-0.25, -0.2) is 16.8 Å². The minimum absolute atomic E-state index is 0.210. The van der Waals surface area contributed by atoms with Gasteiger partial charge in [-0.05, 0) is 49.2 Å². The van der Waals surface area contributed by atoms with E-state index in [1.807, 2.05) is 0 Å². The summed E-state index contributed by atoms with van der Waals surface area (Å²) in [5.41, 5.74) is 2.24. The van der Waals surface area contributed by atoms with Gasteiger partial charge in [-0.3, -0.25) is 9.10 Å². The van der Waals surface area contributed by atoms with E-state index >= 15 is 0 Å². The number of carbonyl (C=O) groups excluding carboxylic acids is 1. The molecular weight excluding hydrogens is 400 g/mol. The van der Waals surface area contributed by atoms with Gasteiger partial charge >= 0.3 is 0 Å². The van der Waals surface area contributed by atoms with E-state index in [-0.39, 0.29) is 16.8 Å². The number of benzene rings is 2. The highest BCUT2D eigenvalue weighted by molar-refractivity contribution is 7.92. The Kier molecular flexibility index (Phi) is 6.20. The number of hydrogen-bond acceptors (Lipinski definition) is 5. The van der Waals surface area contributed by atoms with Crippen molar-refractivity contribution in [3.8, 4) is 0 Å². The number of nitrogens with one attached hydrogen (secondary N) is 1. The lowest BCUT2D eigenvalue weighted by molar-refractivity contribution is 0.0940. The van der Waals surface area contributed by atoms with E-state index in [0.717, 1.165) is 27.9 Å². The number of amides is 1. The van der Waals surface area contributed by atoms with Crippen molar-refractivity contribution in [2.24, 2.45) is 0 Å². The molecule has 1 N–H and O–H groups in total. The maximum Gasteiger partial charge on any atom is 0.251 e. The number of hydrogen-bond donors (Lipinski definition) is 1. The third-order valence-corrected chi connectivity index (χ3v) is 6.78. The third-order valence-electron chi connectivity index (χ3n) is 4.46. The van der Waals surface area contributed by atoms with E-state index in [1.54, 1.807) is 38.1 Å². The number of sulfone groups is 1. The van der Waals surface area contributed by atoms with Crippen LogP contribution in [0.15, 0.2) is 47.4 Å². The molecule has 0 aromatic heterocycles. The fourth-order valence-corrected chi connectivity index (χ4v) is 3.82. The second-order valence-corrected chi connectivity index (χ2v) is 10.8. The van der Waals surface area contributed by atoms with Gasteiger partial charge in [0.2, 0.25) is 10.0 Å². The Bertz CT molecular complexity index is 1090. The smallest absolute Gasteiger partial charge is 0.251 e. The van der Waals surface area contributed by atoms with E-state index in [0.29, 0.717) is 11.3 Å². The largest absolute Gasteiger partial charge is 0.346 e. The number of nitrogens with zero attached hydrogens (tertiary/aromatic N) is 1. The quantitative estimate of drug-likeness (QED) is 0.767. The Morgan fingerprint density at radius 2 is 1.57 bits per heavy atom. The first-order chi connectivity index (χ1) is 12.8. The van der Waals surface area contributed by atoms with Gasteiger partial charge in [0.05, 0.1) is 22.9 Å². The molecule has 0 aliphatic heterocycles. The van der Waals surface area contributed by atoms with Crippen LogP contribution in [0.5, 0.6) is 0 Å². The van der Waals surface area contributed by atoms with Crippen molar-refractivity contribution >= 4 is 31.5 Å². The molecule has 152 valence electrons. The number of carbonyl (C=O) groups is 1. The molecule has 0 saturated heterocycles. The van der Waals surface area contributed by atoms with Crippen molar-refractivity contribution in [1.29, 1.82) is 0 Å². The van der Waals surface area contributed by atoms with E-state index in [2.05, 4.69) is 5.32 Å². The molecule has 0 unspecified atom stereocenters. The fourth-order valence-electron chi connectivity index (χ4n) is 2.64. The van der Waals surface area contributed by atoms with Gasteiger partial charge in [-0.15, -0.1) is 0 Å². The highest BCUT2D eigenvalue weighted by Crippen LogP contribution is 2.23. The molecule has 0 aliphatic carbocycles. The van der Waals surface area contributed by atoms with Gasteiger partial charge < -0.3 is 5.32 Å². The van der Waals surface area contributed by atoms with Gasteiger partial charge in [0.25, 0.3) is 5.91 Å². The molecule has 0 spiro atoms. The number of anilines is 1. The topological polar surface area (TPSA) is 101 Å². The zero-order valence-electron chi connectivity index (χ0n) is 16.4. The summed E-state index contributed by atoms with van der Waals surface area (Å²) in [7, 11) is -5.30.